The molecule has 6 nitrogen and oxygen atoms in total. The zero-order valence-electron chi connectivity index (χ0n) is 15.5. The molecule has 2 rings (SSSR count). The van der Waals surface area contributed by atoms with E-state index in [2.05, 4.69) is 10.3 Å². The summed E-state index contributed by atoms with van der Waals surface area (Å²) in [7, 11) is 5.23. The number of aliphatic imine (C=N–C) groups is 1. The van der Waals surface area contributed by atoms with Crippen LogP contribution in [0.4, 0.5) is 4.39 Å². The van der Waals surface area contributed by atoms with E-state index in [0.717, 1.165) is 25.0 Å². The van der Waals surface area contributed by atoms with Crippen molar-refractivity contribution in [1.29, 1.82) is 0 Å². The van der Waals surface area contributed by atoms with Gasteiger partial charge >= 0.3 is 0 Å². The van der Waals surface area contributed by atoms with Gasteiger partial charge in [0.15, 0.2) is 5.96 Å². The minimum atomic E-state index is -0.453. The van der Waals surface area contributed by atoms with Gasteiger partial charge in [0.2, 0.25) is 5.91 Å². The van der Waals surface area contributed by atoms with Gasteiger partial charge < -0.3 is 19.9 Å². The van der Waals surface area contributed by atoms with Crippen molar-refractivity contribution < 1.29 is 13.9 Å². The molecule has 1 amide bonds. The van der Waals surface area contributed by atoms with Gasteiger partial charge in [-0.05, 0) is 30.5 Å². The first-order valence-electron chi connectivity index (χ1n) is 8.62. The van der Waals surface area contributed by atoms with Gasteiger partial charge in [0.25, 0.3) is 0 Å². The van der Waals surface area contributed by atoms with Gasteiger partial charge in [-0.25, -0.2) is 9.38 Å². The van der Waals surface area contributed by atoms with E-state index in [1.807, 2.05) is 11.9 Å². The van der Waals surface area contributed by atoms with Crippen LogP contribution in [-0.4, -0.2) is 68.6 Å². The van der Waals surface area contributed by atoms with E-state index in [0.29, 0.717) is 19.0 Å². The van der Waals surface area contributed by atoms with Gasteiger partial charge in [0.05, 0.1) is 11.1 Å². The van der Waals surface area contributed by atoms with Gasteiger partial charge in [0, 0.05) is 40.8 Å². The number of hydrogen-bond acceptors (Lipinski definition) is 3. The number of hydrogen-bond donors (Lipinski definition) is 1. The molecule has 1 aliphatic heterocycles. The van der Waals surface area contributed by atoms with Gasteiger partial charge in [-0.15, -0.1) is 0 Å². The topological polar surface area (TPSA) is 57.2 Å². The number of ether oxygens (including phenoxy) is 1. The molecule has 1 fully saturated rings. The summed E-state index contributed by atoms with van der Waals surface area (Å²) in [4.78, 5) is 19.6. The van der Waals surface area contributed by atoms with E-state index in [9.17, 15) is 9.18 Å². The Labute approximate surface area is 159 Å². The molecule has 1 aliphatic rings. The lowest BCUT2D eigenvalue weighted by atomic mass is 10.2. The molecule has 1 atom stereocenters. The Hall–Kier alpha value is -1.86. The minimum absolute atomic E-state index is 0.0418. The molecule has 1 heterocycles. The Morgan fingerprint density at radius 2 is 2.19 bits per heavy atom. The van der Waals surface area contributed by atoms with Crippen LogP contribution in [0.3, 0.4) is 0 Å². The van der Waals surface area contributed by atoms with Crippen molar-refractivity contribution in [3.8, 4) is 0 Å². The lowest BCUT2D eigenvalue weighted by Crippen LogP contribution is -2.42. The molecule has 1 saturated heterocycles. The first-order chi connectivity index (χ1) is 12.4. The van der Waals surface area contributed by atoms with Crippen LogP contribution in [0.2, 0.25) is 5.02 Å². The van der Waals surface area contributed by atoms with Crippen molar-refractivity contribution in [2.75, 3.05) is 40.8 Å². The second-order valence-electron chi connectivity index (χ2n) is 6.55. The Kier molecular flexibility index (Phi) is 7.66. The summed E-state index contributed by atoms with van der Waals surface area (Å²) in [5.41, 5.74) is 0.764. The fraction of sp³-hybridized carbons (Fsp3) is 0.556. The summed E-state index contributed by atoms with van der Waals surface area (Å²) >= 11 is 5.74. The molecular weight excluding hydrogens is 359 g/mol. The fourth-order valence-electron chi connectivity index (χ4n) is 2.59. The summed E-state index contributed by atoms with van der Waals surface area (Å²) in [6.45, 7) is 1.87. The number of likely N-dealkylation sites (N-methyl/N-ethyl adjacent to an activating group) is 1. The van der Waals surface area contributed by atoms with E-state index < -0.39 is 5.82 Å². The molecule has 0 spiro atoms. The van der Waals surface area contributed by atoms with Crippen molar-refractivity contribution in [1.82, 2.24) is 15.1 Å². The predicted molar refractivity (Wildman–Crippen MR) is 101 cm³/mol. The SMILES string of the molecule is CN(C)C(=O)CN=C(NCC1CCCO1)N(C)Cc1ccc(Cl)c(F)c1. The maximum atomic E-state index is 13.7. The van der Waals surface area contributed by atoms with Gasteiger partial charge in [-0.3, -0.25) is 4.79 Å². The number of guanidine groups is 1. The highest BCUT2D eigenvalue weighted by atomic mass is 35.5. The van der Waals surface area contributed by atoms with Crippen LogP contribution < -0.4 is 5.32 Å². The van der Waals surface area contributed by atoms with Gasteiger partial charge in [-0.2, -0.15) is 0 Å². The molecule has 0 bridgehead atoms. The number of rotatable bonds is 6. The second-order valence-corrected chi connectivity index (χ2v) is 6.96. The molecule has 1 unspecified atom stereocenters. The largest absolute Gasteiger partial charge is 0.376 e. The van der Waals surface area contributed by atoms with E-state index in [4.69, 9.17) is 16.3 Å². The minimum Gasteiger partial charge on any atom is -0.376 e. The van der Waals surface area contributed by atoms with Crippen molar-refractivity contribution in [3.63, 3.8) is 0 Å². The average molecular weight is 385 g/mol. The monoisotopic (exact) mass is 384 g/mol. The van der Waals surface area contributed by atoms with Crippen LogP contribution in [0, 0.1) is 5.82 Å². The van der Waals surface area contributed by atoms with Crippen molar-refractivity contribution in [2.24, 2.45) is 4.99 Å². The second kappa shape index (κ2) is 9.73. The number of benzene rings is 1. The summed E-state index contributed by atoms with van der Waals surface area (Å²) in [5.74, 6) is 0.0320. The Balaban J connectivity index is 2.05. The van der Waals surface area contributed by atoms with Crippen LogP contribution in [0.5, 0.6) is 0 Å². The fourth-order valence-corrected chi connectivity index (χ4v) is 2.71. The molecule has 0 aliphatic carbocycles. The quantitative estimate of drug-likeness (QED) is 0.603. The van der Waals surface area contributed by atoms with E-state index in [1.54, 1.807) is 20.2 Å². The van der Waals surface area contributed by atoms with Crippen LogP contribution >= 0.6 is 11.6 Å². The Bertz CT molecular complexity index is 648. The van der Waals surface area contributed by atoms with Crippen LogP contribution in [-0.2, 0) is 16.1 Å². The lowest BCUT2D eigenvalue weighted by molar-refractivity contribution is -0.127. The normalized spacial score (nSPS) is 17.3. The predicted octanol–water partition coefficient (Wildman–Crippen LogP) is 2.12. The highest BCUT2D eigenvalue weighted by molar-refractivity contribution is 6.30. The first-order valence-corrected chi connectivity index (χ1v) is 8.99. The van der Waals surface area contributed by atoms with Crippen molar-refractivity contribution in [2.45, 2.75) is 25.5 Å². The summed E-state index contributed by atoms with van der Waals surface area (Å²) < 4.78 is 19.3. The molecule has 1 N–H and O–H groups in total. The highest BCUT2D eigenvalue weighted by Gasteiger charge is 2.17. The molecule has 26 heavy (non-hydrogen) atoms. The average Bonchev–Trinajstić information content (AvgIpc) is 3.11. The Morgan fingerprint density at radius 1 is 1.42 bits per heavy atom. The lowest BCUT2D eigenvalue weighted by Gasteiger charge is -2.24. The molecule has 0 saturated carbocycles. The number of nitrogens with zero attached hydrogens (tertiary/aromatic N) is 3. The maximum absolute atomic E-state index is 13.7. The third-order valence-corrected chi connectivity index (χ3v) is 4.45. The molecule has 144 valence electrons. The van der Waals surface area contributed by atoms with Crippen LogP contribution in [0.15, 0.2) is 23.2 Å². The number of nitrogens with one attached hydrogen (secondary N) is 1. The first kappa shape index (κ1) is 20.5. The third kappa shape index (κ3) is 6.14. The summed E-state index contributed by atoms with van der Waals surface area (Å²) in [6, 6.07) is 4.71. The number of carbonyl (C=O) groups excluding carboxylic acids is 1. The number of carbonyl (C=O) groups is 1. The van der Waals surface area contributed by atoms with E-state index in [-0.39, 0.29) is 23.6 Å². The number of amides is 1. The maximum Gasteiger partial charge on any atom is 0.243 e. The van der Waals surface area contributed by atoms with Gasteiger partial charge in [-0.1, -0.05) is 17.7 Å². The molecule has 0 radical (unpaired) electrons. The molecule has 0 aromatic heterocycles. The molecule has 1 aromatic rings. The van der Waals surface area contributed by atoms with Crippen molar-refractivity contribution in [3.05, 3.63) is 34.6 Å². The summed E-state index contributed by atoms with van der Waals surface area (Å²) in [6.07, 6.45) is 2.20. The Morgan fingerprint density at radius 3 is 2.81 bits per heavy atom. The van der Waals surface area contributed by atoms with E-state index >= 15 is 0 Å². The molecular formula is C18H26ClFN4O2. The van der Waals surface area contributed by atoms with Crippen molar-refractivity contribution >= 4 is 23.5 Å². The van der Waals surface area contributed by atoms with E-state index in [1.165, 1.54) is 17.0 Å². The number of halogens is 2. The van der Waals surface area contributed by atoms with Crippen LogP contribution in [0.25, 0.3) is 0 Å². The third-order valence-electron chi connectivity index (χ3n) is 4.14. The van der Waals surface area contributed by atoms with Gasteiger partial charge in [0.1, 0.15) is 12.4 Å². The summed E-state index contributed by atoms with van der Waals surface area (Å²) in [5, 5.41) is 3.36. The highest BCUT2D eigenvalue weighted by Crippen LogP contribution is 2.16. The van der Waals surface area contributed by atoms with Crippen LogP contribution in [0.1, 0.15) is 18.4 Å². The molecule has 8 heteroatoms. The standard InChI is InChI=1S/C18H26ClFN4O2/c1-23(2)17(25)11-22-18(21-10-14-5-4-8-26-14)24(3)12-13-6-7-15(19)16(20)9-13/h6-7,9,14H,4-5,8,10-12H2,1-3H3,(H,21,22). The smallest absolute Gasteiger partial charge is 0.243 e. The zero-order chi connectivity index (χ0) is 19.1. The zero-order valence-corrected chi connectivity index (χ0v) is 16.2. The molecule has 1 aromatic carbocycles.